The van der Waals surface area contributed by atoms with E-state index >= 15 is 0 Å². The van der Waals surface area contributed by atoms with Crippen molar-refractivity contribution in [2.45, 2.75) is 4.90 Å². The number of aryl methyl sites for hydroxylation is 1. The van der Waals surface area contributed by atoms with Crippen LogP contribution in [-0.4, -0.2) is 28.2 Å². The van der Waals surface area contributed by atoms with Crippen LogP contribution in [0.2, 0.25) is 5.02 Å². The van der Waals surface area contributed by atoms with Crippen LogP contribution in [0.4, 0.5) is 0 Å². The van der Waals surface area contributed by atoms with Crippen LogP contribution in [0.15, 0.2) is 27.9 Å². The van der Waals surface area contributed by atoms with E-state index in [1.807, 2.05) is 0 Å². The molecule has 0 bridgehead atoms. The molecule has 0 aliphatic rings. The van der Waals surface area contributed by atoms with Gasteiger partial charge in [0.05, 0.1) is 5.69 Å². The van der Waals surface area contributed by atoms with Crippen molar-refractivity contribution in [2.24, 2.45) is 12.2 Å². The Balaban J connectivity index is 2.82. The molecule has 1 aromatic heterocycles. The van der Waals surface area contributed by atoms with Gasteiger partial charge < -0.3 is 0 Å². The lowest BCUT2D eigenvalue weighted by Gasteiger charge is -2.06. The number of rotatable bonds is 2. The number of nitrogens with two attached hydrogens (primary N) is 1. The lowest BCUT2D eigenvalue weighted by molar-refractivity contribution is 0.596. The quantitative estimate of drug-likeness (QED) is 0.783. The van der Waals surface area contributed by atoms with Crippen LogP contribution in [0.3, 0.4) is 0 Å². The Labute approximate surface area is 107 Å². The summed E-state index contributed by atoms with van der Waals surface area (Å²) in [5.74, 6) is 0. The van der Waals surface area contributed by atoms with Gasteiger partial charge in [-0.25, -0.2) is 18.4 Å². The monoisotopic (exact) mass is 289 g/mol. The van der Waals surface area contributed by atoms with E-state index in [0.717, 1.165) is 9.36 Å². The van der Waals surface area contributed by atoms with Crippen LogP contribution in [0.5, 0.6) is 0 Å². The minimum atomic E-state index is -4.00. The Morgan fingerprint density at radius 3 is 2.50 bits per heavy atom. The SMILES string of the molecule is Cn1nnn(-c2cc(Cl)ccc2S(N)(=O)=O)c1=O. The van der Waals surface area contributed by atoms with E-state index < -0.39 is 15.7 Å². The van der Waals surface area contributed by atoms with Gasteiger partial charge >= 0.3 is 5.69 Å². The standard InChI is InChI=1S/C8H8ClN5O3S/c1-13-8(15)14(12-11-13)6-4-5(9)2-3-7(6)18(10,16)17/h2-4H,1H3,(H2,10,16,17). The highest BCUT2D eigenvalue weighted by Gasteiger charge is 2.18. The zero-order chi connectivity index (χ0) is 13.5. The number of benzene rings is 1. The summed E-state index contributed by atoms with van der Waals surface area (Å²) in [6, 6.07) is 3.83. The fourth-order valence-electron chi connectivity index (χ4n) is 1.36. The van der Waals surface area contributed by atoms with E-state index in [0.29, 0.717) is 0 Å². The number of aromatic nitrogens is 4. The fourth-order valence-corrected chi connectivity index (χ4v) is 2.22. The van der Waals surface area contributed by atoms with E-state index in [2.05, 4.69) is 10.4 Å². The molecule has 0 amide bonds. The third kappa shape index (κ3) is 2.15. The minimum Gasteiger partial charge on any atom is -0.244 e. The summed E-state index contributed by atoms with van der Waals surface area (Å²) < 4.78 is 24.6. The molecule has 0 saturated carbocycles. The van der Waals surface area contributed by atoms with Gasteiger partial charge in [-0.2, -0.15) is 9.36 Å². The molecule has 0 spiro atoms. The first-order valence-corrected chi connectivity index (χ1v) is 6.55. The normalized spacial score (nSPS) is 11.7. The second-order valence-electron chi connectivity index (χ2n) is 3.45. The lowest BCUT2D eigenvalue weighted by Crippen LogP contribution is -2.24. The molecule has 96 valence electrons. The van der Waals surface area contributed by atoms with E-state index in [9.17, 15) is 13.2 Å². The van der Waals surface area contributed by atoms with Crippen molar-refractivity contribution in [3.63, 3.8) is 0 Å². The first-order valence-electron chi connectivity index (χ1n) is 4.62. The van der Waals surface area contributed by atoms with Gasteiger partial charge in [-0.3, -0.25) is 0 Å². The van der Waals surface area contributed by atoms with Crippen molar-refractivity contribution in [2.75, 3.05) is 0 Å². The summed E-state index contributed by atoms with van der Waals surface area (Å²) in [6.07, 6.45) is 0. The molecular weight excluding hydrogens is 282 g/mol. The number of halogens is 1. The van der Waals surface area contributed by atoms with Crippen LogP contribution in [0.1, 0.15) is 0 Å². The van der Waals surface area contributed by atoms with Crippen molar-refractivity contribution in [3.8, 4) is 5.69 Å². The van der Waals surface area contributed by atoms with Gasteiger partial charge in [-0.05, 0) is 28.6 Å². The van der Waals surface area contributed by atoms with Gasteiger partial charge in [-0.15, -0.1) is 0 Å². The highest BCUT2D eigenvalue weighted by atomic mass is 35.5. The summed E-state index contributed by atoms with van der Waals surface area (Å²) >= 11 is 5.77. The van der Waals surface area contributed by atoms with E-state index in [4.69, 9.17) is 16.7 Å². The summed E-state index contributed by atoms with van der Waals surface area (Å²) in [4.78, 5) is 11.4. The molecule has 0 aliphatic carbocycles. The number of nitrogens with zero attached hydrogens (tertiary/aromatic N) is 4. The summed E-state index contributed by atoms with van der Waals surface area (Å²) in [6.45, 7) is 0. The average Bonchev–Trinajstić information content (AvgIpc) is 2.58. The molecule has 2 aromatic rings. The molecule has 0 atom stereocenters. The maximum absolute atomic E-state index is 11.7. The van der Waals surface area contributed by atoms with Crippen LogP contribution in [-0.2, 0) is 17.1 Å². The second-order valence-corrected chi connectivity index (χ2v) is 5.42. The molecule has 18 heavy (non-hydrogen) atoms. The minimum absolute atomic E-state index is 0.0388. The number of hydrogen-bond acceptors (Lipinski definition) is 5. The van der Waals surface area contributed by atoms with Crippen molar-refractivity contribution in [1.82, 2.24) is 19.8 Å². The Morgan fingerprint density at radius 2 is 2.00 bits per heavy atom. The highest BCUT2D eigenvalue weighted by molar-refractivity contribution is 7.89. The predicted octanol–water partition coefficient (Wildman–Crippen LogP) is -0.733. The van der Waals surface area contributed by atoms with Gasteiger partial charge in [0, 0.05) is 12.1 Å². The van der Waals surface area contributed by atoms with E-state index in [1.165, 1.54) is 25.2 Å². The predicted molar refractivity (Wildman–Crippen MR) is 63.0 cm³/mol. The Kier molecular flexibility index (Phi) is 2.97. The highest BCUT2D eigenvalue weighted by Crippen LogP contribution is 2.21. The summed E-state index contributed by atoms with van der Waals surface area (Å²) in [7, 11) is -2.62. The van der Waals surface area contributed by atoms with Crippen molar-refractivity contribution in [1.29, 1.82) is 0 Å². The molecular formula is C8H8ClN5O3S. The molecule has 0 aliphatic heterocycles. The zero-order valence-corrected chi connectivity index (χ0v) is 10.7. The topological polar surface area (TPSA) is 113 Å². The maximum atomic E-state index is 11.7. The molecule has 2 rings (SSSR count). The third-order valence-electron chi connectivity index (χ3n) is 2.18. The zero-order valence-electron chi connectivity index (χ0n) is 9.11. The number of primary sulfonamides is 1. The first-order chi connectivity index (χ1) is 8.30. The average molecular weight is 290 g/mol. The maximum Gasteiger partial charge on any atom is 0.368 e. The summed E-state index contributed by atoms with van der Waals surface area (Å²) in [5.41, 5.74) is -0.648. The second kappa shape index (κ2) is 4.19. The molecule has 1 heterocycles. The van der Waals surface area contributed by atoms with Crippen LogP contribution in [0.25, 0.3) is 5.69 Å². The Bertz CT molecular complexity index is 763. The van der Waals surface area contributed by atoms with Crippen LogP contribution in [0, 0.1) is 0 Å². The molecule has 0 unspecified atom stereocenters. The van der Waals surface area contributed by atoms with Crippen LogP contribution >= 0.6 is 11.6 Å². The molecule has 8 nitrogen and oxygen atoms in total. The fraction of sp³-hybridized carbons (Fsp3) is 0.125. The number of sulfonamides is 1. The summed E-state index contributed by atoms with van der Waals surface area (Å²) in [5, 5.41) is 12.3. The van der Waals surface area contributed by atoms with Crippen molar-refractivity contribution < 1.29 is 8.42 Å². The molecule has 0 fully saturated rings. The largest absolute Gasteiger partial charge is 0.368 e. The van der Waals surface area contributed by atoms with Crippen molar-refractivity contribution >= 4 is 21.6 Å². The third-order valence-corrected chi connectivity index (χ3v) is 3.37. The lowest BCUT2D eigenvalue weighted by atomic mass is 10.3. The van der Waals surface area contributed by atoms with Gasteiger partial charge in [0.25, 0.3) is 0 Å². The van der Waals surface area contributed by atoms with E-state index in [1.54, 1.807) is 0 Å². The molecule has 10 heteroatoms. The first kappa shape index (κ1) is 12.7. The molecule has 0 saturated heterocycles. The number of hydrogen-bond donors (Lipinski definition) is 1. The van der Waals surface area contributed by atoms with Crippen LogP contribution < -0.4 is 10.8 Å². The Hall–Kier alpha value is -1.71. The smallest absolute Gasteiger partial charge is 0.244 e. The molecule has 1 aromatic carbocycles. The van der Waals surface area contributed by atoms with Gasteiger partial charge in [-0.1, -0.05) is 11.6 Å². The van der Waals surface area contributed by atoms with E-state index in [-0.39, 0.29) is 15.6 Å². The van der Waals surface area contributed by atoms with Gasteiger partial charge in [0.15, 0.2) is 0 Å². The van der Waals surface area contributed by atoms with Crippen molar-refractivity contribution in [3.05, 3.63) is 33.7 Å². The molecule has 0 radical (unpaired) electrons. The Morgan fingerprint density at radius 1 is 1.33 bits per heavy atom. The van der Waals surface area contributed by atoms with Gasteiger partial charge in [0.1, 0.15) is 4.90 Å². The number of tetrazole rings is 1. The molecule has 2 N–H and O–H groups in total. The van der Waals surface area contributed by atoms with Gasteiger partial charge in [0.2, 0.25) is 10.0 Å².